The SMILES string of the molecule is COc1cc(C(=O)N(C)CCC(N)C(C)C)cc(OC)c1C. The maximum Gasteiger partial charge on any atom is 0.253 e. The van der Waals surface area contributed by atoms with Crippen molar-refractivity contribution in [2.45, 2.75) is 33.2 Å². The normalized spacial score (nSPS) is 12.2. The smallest absolute Gasteiger partial charge is 0.253 e. The molecule has 5 heteroatoms. The number of amides is 1. The highest BCUT2D eigenvalue weighted by molar-refractivity contribution is 5.95. The van der Waals surface area contributed by atoms with Gasteiger partial charge in [-0.05, 0) is 31.4 Å². The van der Waals surface area contributed by atoms with E-state index in [4.69, 9.17) is 15.2 Å². The second-order valence-corrected chi connectivity index (χ2v) is 5.93. The van der Waals surface area contributed by atoms with Crippen molar-refractivity contribution in [1.82, 2.24) is 4.90 Å². The van der Waals surface area contributed by atoms with Crippen molar-refractivity contribution >= 4 is 5.91 Å². The van der Waals surface area contributed by atoms with E-state index in [1.165, 1.54) is 0 Å². The topological polar surface area (TPSA) is 64.8 Å². The zero-order valence-corrected chi connectivity index (χ0v) is 14.5. The largest absolute Gasteiger partial charge is 0.496 e. The highest BCUT2D eigenvalue weighted by Crippen LogP contribution is 2.29. The lowest BCUT2D eigenvalue weighted by molar-refractivity contribution is 0.0788. The molecule has 0 aromatic heterocycles. The molecule has 0 heterocycles. The van der Waals surface area contributed by atoms with Crippen molar-refractivity contribution < 1.29 is 14.3 Å². The molecule has 1 rings (SSSR count). The Morgan fingerprint density at radius 1 is 1.23 bits per heavy atom. The van der Waals surface area contributed by atoms with Crippen molar-refractivity contribution in [1.29, 1.82) is 0 Å². The Kier molecular flexibility index (Phi) is 6.68. The predicted molar refractivity (Wildman–Crippen MR) is 88.7 cm³/mol. The van der Waals surface area contributed by atoms with Gasteiger partial charge in [-0.25, -0.2) is 0 Å². The minimum Gasteiger partial charge on any atom is -0.496 e. The molecule has 0 aliphatic heterocycles. The molecular formula is C17H28N2O3. The quantitative estimate of drug-likeness (QED) is 0.840. The van der Waals surface area contributed by atoms with Crippen LogP contribution in [-0.2, 0) is 0 Å². The van der Waals surface area contributed by atoms with E-state index in [0.29, 0.717) is 29.5 Å². The molecule has 2 N–H and O–H groups in total. The summed E-state index contributed by atoms with van der Waals surface area (Å²) in [5.41, 5.74) is 7.47. The first-order valence-corrected chi connectivity index (χ1v) is 7.55. The van der Waals surface area contributed by atoms with Gasteiger partial charge >= 0.3 is 0 Å². The van der Waals surface area contributed by atoms with Gasteiger partial charge in [0.25, 0.3) is 5.91 Å². The number of ether oxygens (including phenoxy) is 2. The van der Waals surface area contributed by atoms with Gasteiger partial charge in [0.2, 0.25) is 0 Å². The van der Waals surface area contributed by atoms with Gasteiger partial charge in [0, 0.05) is 30.8 Å². The number of hydrogen-bond acceptors (Lipinski definition) is 4. The van der Waals surface area contributed by atoms with Gasteiger partial charge in [0.15, 0.2) is 0 Å². The molecule has 0 fully saturated rings. The molecule has 5 nitrogen and oxygen atoms in total. The fraction of sp³-hybridized carbons (Fsp3) is 0.588. The summed E-state index contributed by atoms with van der Waals surface area (Å²) < 4.78 is 10.6. The van der Waals surface area contributed by atoms with Crippen LogP contribution in [0.3, 0.4) is 0 Å². The van der Waals surface area contributed by atoms with Gasteiger partial charge in [-0.15, -0.1) is 0 Å². The number of hydrogen-bond donors (Lipinski definition) is 1. The molecular weight excluding hydrogens is 280 g/mol. The number of methoxy groups -OCH3 is 2. The highest BCUT2D eigenvalue weighted by Gasteiger charge is 2.18. The minimum atomic E-state index is -0.0624. The van der Waals surface area contributed by atoms with E-state index in [1.807, 2.05) is 6.92 Å². The standard InChI is InChI=1S/C17H28N2O3/c1-11(2)14(18)7-8-19(4)17(20)13-9-15(21-5)12(3)16(10-13)22-6/h9-11,14H,7-8,18H2,1-6H3. The lowest BCUT2D eigenvalue weighted by Gasteiger charge is -2.22. The summed E-state index contributed by atoms with van der Waals surface area (Å²) in [6, 6.07) is 3.59. The molecule has 1 aromatic rings. The molecule has 0 saturated carbocycles. The second-order valence-electron chi connectivity index (χ2n) is 5.93. The van der Waals surface area contributed by atoms with Gasteiger partial charge in [0.1, 0.15) is 11.5 Å². The van der Waals surface area contributed by atoms with E-state index in [2.05, 4.69) is 13.8 Å². The second kappa shape index (κ2) is 8.03. The lowest BCUT2D eigenvalue weighted by Crippen LogP contribution is -2.34. The van der Waals surface area contributed by atoms with Gasteiger partial charge < -0.3 is 20.1 Å². The Labute approximate surface area is 133 Å². The van der Waals surface area contributed by atoms with Crippen LogP contribution in [0, 0.1) is 12.8 Å². The van der Waals surface area contributed by atoms with E-state index in [0.717, 1.165) is 12.0 Å². The van der Waals surface area contributed by atoms with Crippen LogP contribution in [-0.4, -0.2) is 44.7 Å². The molecule has 1 unspecified atom stereocenters. The Bertz CT molecular complexity index is 490. The van der Waals surface area contributed by atoms with Crippen molar-refractivity contribution in [2.24, 2.45) is 11.7 Å². The molecule has 124 valence electrons. The third-order valence-electron chi connectivity index (χ3n) is 4.00. The van der Waals surface area contributed by atoms with Gasteiger partial charge in [0.05, 0.1) is 14.2 Å². The Morgan fingerprint density at radius 3 is 2.14 bits per heavy atom. The first-order valence-electron chi connectivity index (χ1n) is 7.55. The van der Waals surface area contributed by atoms with E-state index >= 15 is 0 Å². The van der Waals surface area contributed by atoms with Gasteiger partial charge in [-0.2, -0.15) is 0 Å². The van der Waals surface area contributed by atoms with Crippen LogP contribution in [0.25, 0.3) is 0 Å². The molecule has 1 amide bonds. The number of rotatable bonds is 7. The van der Waals surface area contributed by atoms with E-state index in [9.17, 15) is 4.79 Å². The van der Waals surface area contributed by atoms with E-state index in [1.54, 1.807) is 38.3 Å². The van der Waals surface area contributed by atoms with Crippen LogP contribution < -0.4 is 15.2 Å². The summed E-state index contributed by atoms with van der Waals surface area (Å²) in [7, 11) is 4.96. The fourth-order valence-corrected chi connectivity index (χ4v) is 2.21. The van der Waals surface area contributed by atoms with Crippen LogP contribution in [0.4, 0.5) is 0 Å². The molecule has 0 saturated heterocycles. The van der Waals surface area contributed by atoms with E-state index in [-0.39, 0.29) is 11.9 Å². The summed E-state index contributed by atoms with van der Waals surface area (Å²) in [5, 5.41) is 0. The molecule has 0 aliphatic rings. The van der Waals surface area contributed by atoms with Crippen LogP contribution >= 0.6 is 0 Å². The first kappa shape index (κ1) is 18.3. The summed E-state index contributed by atoms with van der Waals surface area (Å²) in [5.74, 6) is 1.64. The number of benzene rings is 1. The van der Waals surface area contributed by atoms with Crippen molar-refractivity contribution in [3.8, 4) is 11.5 Å². The average Bonchev–Trinajstić information content (AvgIpc) is 2.51. The van der Waals surface area contributed by atoms with Crippen molar-refractivity contribution in [3.63, 3.8) is 0 Å². The van der Waals surface area contributed by atoms with Crippen LogP contribution in [0.1, 0.15) is 36.2 Å². The number of carbonyl (C=O) groups excluding carboxylic acids is 1. The average molecular weight is 308 g/mol. The van der Waals surface area contributed by atoms with Crippen molar-refractivity contribution in [3.05, 3.63) is 23.3 Å². The lowest BCUT2D eigenvalue weighted by atomic mass is 10.0. The predicted octanol–water partition coefficient (Wildman–Crippen LogP) is 2.46. The number of carbonyl (C=O) groups is 1. The monoisotopic (exact) mass is 308 g/mol. The van der Waals surface area contributed by atoms with E-state index < -0.39 is 0 Å². The van der Waals surface area contributed by atoms with Gasteiger partial charge in [-0.1, -0.05) is 13.8 Å². The number of nitrogens with zero attached hydrogens (tertiary/aromatic N) is 1. The Balaban J connectivity index is 2.88. The zero-order chi connectivity index (χ0) is 16.9. The minimum absolute atomic E-state index is 0.0624. The third kappa shape index (κ3) is 4.37. The molecule has 0 spiro atoms. The summed E-state index contributed by atoms with van der Waals surface area (Å²) >= 11 is 0. The molecule has 0 bridgehead atoms. The molecule has 1 atom stereocenters. The highest BCUT2D eigenvalue weighted by atomic mass is 16.5. The van der Waals surface area contributed by atoms with Crippen LogP contribution in [0.5, 0.6) is 11.5 Å². The van der Waals surface area contributed by atoms with Crippen molar-refractivity contribution in [2.75, 3.05) is 27.8 Å². The summed E-state index contributed by atoms with van der Waals surface area (Å²) in [6.07, 6.45) is 0.778. The maximum absolute atomic E-state index is 12.5. The Morgan fingerprint density at radius 2 is 1.73 bits per heavy atom. The fourth-order valence-electron chi connectivity index (χ4n) is 2.21. The van der Waals surface area contributed by atoms with Crippen LogP contribution in [0.15, 0.2) is 12.1 Å². The molecule has 0 aliphatic carbocycles. The Hall–Kier alpha value is -1.75. The summed E-state index contributed by atoms with van der Waals surface area (Å²) in [6.45, 7) is 6.69. The number of nitrogens with two attached hydrogens (primary N) is 1. The first-order chi connectivity index (χ1) is 10.3. The molecule has 1 aromatic carbocycles. The zero-order valence-electron chi connectivity index (χ0n) is 14.5. The van der Waals surface area contributed by atoms with Crippen LogP contribution in [0.2, 0.25) is 0 Å². The summed E-state index contributed by atoms with van der Waals surface area (Å²) in [4.78, 5) is 14.2. The molecule has 0 radical (unpaired) electrons. The third-order valence-corrected chi connectivity index (χ3v) is 4.00. The van der Waals surface area contributed by atoms with Gasteiger partial charge in [-0.3, -0.25) is 4.79 Å². The molecule has 22 heavy (non-hydrogen) atoms. The maximum atomic E-state index is 12.5.